The number of piperazine rings is 1. The first kappa shape index (κ1) is 20.7. The number of nitrogens with one attached hydrogen (secondary N) is 2. The quantitative estimate of drug-likeness (QED) is 0.738. The van der Waals surface area contributed by atoms with E-state index in [9.17, 15) is 0 Å². The van der Waals surface area contributed by atoms with Crippen LogP contribution in [0.15, 0.2) is 24.3 Å². The van der Waals surface area contributed by atoms with Crippen LogP contribution in [0.1, 0.15) is 52.0 Å². The van der Waals surface area contributed by atoms with E-state index in [2.05, 4.69) is 68.3 Å². The van der Waals surface area contributed by atoms with E-state index in [1.165, 1.54) is 5.56 Å². The Morgan fingerprint density at radius 2 is 1.79 bits per heavy atom. The Morgan fingerprint density at radius 3 is 2.39 bits per heavy atom. The Bertz CT molecular complexity index is 758. The highest BCUT2D eigenvalue weighted by molar-refractivity contribution is 5.32. The molecule has 0 radical (unpaired) electrons. The molecule has 1 aromatic carbocycles. The molecule has 1 saturated heterocycles. The molecule has 1 fully saturated rings. The minimum absolute atomic E-state index is 0.109. The minimum atomic E-state index is -0.109. The van der Waals surface area contributed by atoms with E-state index < -0.39 is 0 Å². The van der Waals surface area contributed by atoms with Crippen molar-refractivity contribution in [1.82, 2.24) is 20.2 Å². The maximum Gasteiger partial charge on any atom is 0.210 e. The summed E-state index contributed by atoms with van der Waals surface area (Å²) in [5.41, 5.74) is 1.18. The molecule has 0 amide bonds. The number of hydrogen-bond acceptors (Lipinski definition) is 4. The molecule has 2 N–H and O–H groups in total. The SMILES string of the molecule is COc1ccccc1C[NH+]1CC[NH+]([C@H](c2nnnn2C(C)(C)C)C(C)C)CC1. The highest BCUT2D eigenvalue weighted by Gasteiger charge is 2.38. The highest BCUT2D eigenvalue weighted by Crippen LogP contribution is 2.21. The third kappa shape index (κ3) is 4.52. The molecule has 1 atom stereocenters. The molecule has 0 aliphatic carbocycles. The van der Waals surface area contributed by atoms with Crippen molar-refractivity contribution in [2.24, 2.45) is 5.92 Å². The monoisotopic (exact) mass is 388 g/mol. The Balaban J connectivity index is 1.69. The van der Waals surface area contributed by atoms with E-state index in [0.29, 0.717) is 12.0 Å². The fraction of sp³-hybridized carbons (Fsp3) is 0.667. The number of hydrogen-bond donors (Lipinski definition) is 2. The summed E-state index contributed by atoms with van der Waals surface area (Å²) in [5, 5.41) is 12.8. The molecular weight excluding hydrogens is 352 g/mol. The van der Waals surface area contributed by atoms with Crippen molar-refractivity contribution in [3.8, 4) is 5.75 Å². The Hall–Kier alpha value is -1.99. The number of para-hydroxylation sites is 1. The Morgan fingerprint density at radius 1 is 1.11 bits per heavy atom. The summed E-state index contributed by atoms with van der Waals surface area (Å²) in [6.07, 6.45) is 0. The second-order valence-electron chi connectivity index (χ2n) is 9.24. The maximum absolute atomic E-state index is 5.53. The second-order valence-corrected chi connectivity index (χ2v) is 9.24. The fourth-order valence-electron chi connectivity index (χ4n) is 4.35. The fourth-order valence-corrected chi connectivity index (χ4v) is 4.35. The summed E-state index contributed by atoms with van der Waals surface area (Å²) < 4.78 is 7.54. The number of quaternary nitrogens is 2. The van der Waals surface area contributed by atoms with E-state index in [1.807, 2.05) is 10.7 Å². The second kappa shape index (κ2) is 8.57. The molecule has 0 saturated carbocycles. The molecule has 2 aromatic rings. The van der Waals surface area contributed by atoms with Crippen LogP contribution in [-0.2, 0) is 12.1 Å². The van der Waals surface area contributed by atoms with E-state index in [1.54, 1.807) is 16.9 Å². The first-order chi connectivity index (χ1) is 13.3. The lowest BCUT2D eigenvalue weighted by molar-refractivity contribution is -1.03. The van der Waals surface area contributed by atoms with Gasteiger partial charge in [-0.25, -0.2) is 4.68 Å². The lowest BCUT2D eigenvalue weighted by Gasteiger charge is -2.36. The van der Waals surface area contributed by atoms with Crippen LogP contribution in [0.3, 0.4) is 0 Å². The van der Waals surface area contributed by atoms with Crippen LogP contribution < -0.4 is 14.5 Å². The van der Waals surface area contributed by atoms with Crippen LogP contribution in [0.25, 0.3) is 0 Å². The molecule has 1 aromatic heterocycles. The van der Waals surface area contributed by atoms with Crippen molar-refractivity contribution in [2.45, 2.75) is 52.7 Å². The molecule has 2 heterocycles. The molecule has 1 aliphatic heterocycles. The molecule has 7 nitrogen and oxygen atoms in total. The van der Waals surface area contributed by atoms with Crippen molar-refractivity contribution in [3.63, 3.8) is 0 Å². The largest absolute Gasteiger partial charge is 0.496 e. The molecule has 0 bridgehead atoms. The van der Waals surface area contributed by atoms with Gasteiger partial charge in [0.25, 0.3) is 0 Å². The standard InChI is InChI=1S/C21H34N6O/c1-16(2)19(20-22-23-24-27(20)21(3,4)5)26-13-11-25(12-14-26)15-17-9-7-8-10-18(17)28-6/h7-10,16,19H,11-15H2,1-6H3/p+2/t19-/m0/s1. The van der Waals surface area contributed by atoms with Gasteiger partial charge in [0.2, 0.25) is 5.82 Å². The van der Waals surface area contributed by atoms with Crippen LogP contribution in [0.2, 0.25) is 0 Å². The Kier molecular flexibility index (Phi) is 6.35. The number of methoxy groups -OCH3 is 1. The number of nitrogens with zero attached hydrogens (tertiary/aromatic N) is 4. The smallest absolute Gasteiger partial charge is 0.210 e. The predicted molar refractivity (Wildman–Crippen MR) is 108 cm³/mol. The summed E-state index contributed by atoms with van der Waals surface area (Å²) in [7, 11) is 1.75. The molecule has 1 aliphatic rings. The first-order valence-electron chi connectivity index (χ1n) is 10.4. The molecule has 0 unspecified atom stereocenters. The van der Waals surface area contributed by atoms with Crippen molar-refractivity contribution in [1.29, 1.82) is 0 Å². The van der Waals surface area contributed by atoms with Gasteiger partial charge in [-0.15, -0.1) is 5.10 Å². The van der Waals surface area contributed by atoms with Gasteiger partial charge in [0.15, 0.2) is 6.04 Å². The molecule has 3 rings (SSSR count). The van der Waals surface area contributed by atoms with Crippen molar-refractivity contribution in [2.75, 3.05) is 33.3 Å². The average Bonchev–Trinajstić information content (AvgIpc) is 3.13. The van der Waals surface area contributed by atoms with Crippen LogP contribution in [0, 0.1) is 5.92 Å². The third-order valence-electron chi connectivity index (χ3n) is 5.75. The van der Waals surface area contributed by atoms with Gasteiger partial charge in [-0.3, -0.25) is 0 Å². The van der Waals surface area contributed by atoms with Crippen LogP contribution in [0.4, 0.5) is 0 Å². The van der Waals surface area contributed by atoms with Gasteiger partial charge in [0, 0.05) is 11.5 Å². The zero-order valence-electron chi connectivity index (χ0n) is 18.2. The van der Waals surface area contributed by atoms with Crippen molar-refractivity contribution < 1.29 is 14.5 Å². The first-order valence-corrected chi connectivity index (χ1v) is 10.4. The number of tetrazole rings is 1. The lowest BCUT2D eigenvalue weighted by atomic mass is 9.99. The third-order valence-corrected chi connectivity index (χ3v) is 5.75. The van der Waals surface area contributed by atoms with Gasteiger partial charge in [-0.05, 0) is 43.3 Å². The Labute approximate surface area is 168 Å². The van der Waals surface area contributed by atoms with E-state index in [4.69, 9.17) is 4.74 Å². The van der Waals surface area contributed by atoms with E-state index >= 15 is 0 Å². The number of benzene rings is 1. The summed E-state index contributed by atoms with van der Waals surface area (Å²) in [6.45, 7) is 16.6. The molecule has 154 valence electrons. The number of aromatic nitrogens is 4. The van der Waals surface area contributed by atoms with Crippen molar-refractivity contribution >= 4 is 0 Å². The topological polar surface area (TPSA) is 61.7 Å². The van der Waals surface area contributed by atoms with Crippen LogP contribution in [-0.4, -0.2) is 53.5 Å². The summed E-state index contributed by atoms with van der Waals surface area (Å²) in [6, 6.07) is 8.69. The van der Waals surface area contributed by atoms with Gasteiger partial charge in [0.1, 0.15) is 38.5 Å². The van der Waals surface area contributed by atoms with Gasteiger partial charge in [0.05, 0.1) is 12.6 Å². The van der Waals surface area contributed by atoms with Crippen LogP contribution in [0.5, 0.6) is 5.75 Å². The lowest BCUT2D eigenvalue weighted by Crippen LogP contribution is -3.27. The zero-order valence-corrected chi connectivity index (χ0v) is 18.2. The summed E-state index contributed by atoms with van der Waals surface area (Å²) in [5.74, 6) is 2.50. The van der Waals surface area contributed by atoms with Gasteiger partial charge < -0.3 is 14.5 Å². The number of ether oxygens (including phenoxy) is 1. The average molecular weight is 389 g/mol. The molecule has 0 spiro atoms. The van der Waals surface area contributed by atoms with E-state index in [-0.39, 0.29) is 5.54 Å². The maximum atomic E-state index is 5.53. The van der Waals surface area contributed by atoms with Crippen LogP contribution >= 0.6 is 0 Å². The summed E-state index contributed by atoms with van der Waals surface area (Å²) >= 11 is 0. The van der Waals surface area contributed by atoms with Gasteiger partial charge in [-0.2, -0.15) is 0 Å². The normalized spacial score (nSPS) is 21.7. The van der Waals surface area contributed by atoms with E-state index in [0.717, 1.165) is 44.3 Å². The minimum Gasteiger partial charge on any atom is -0.496 e. The summed E-state index contributed by atoms with van der Waals surface area (Å²) in [4.78, 5) is 3.21. The van der Waals surface area contributed by atoms with Gasteiger partial charge in [-0.1, -0.05) is 26.0 Å². The molecule has 28 heavy (non-hydrogen) atoms. The number of rotatable bonds is 6. The van der Waals surface area contributed by atoms with Gasteiger partial charge >= 0.3 is 0 Å². The zero-order chi connectivity index (χ0) is 20.3. The predicted octanol–water partition coefficient (Wildman–Crippen LogP) is 0.117. The highest BCUT2D eigenvalue weighted by atomic mass is 16.5. The molecule has 7 heteroatoms. The molecular formula is C21H36N6O+2. The van der Waals surface area contributed by atoms with Crippen molar-refractivity contribution in [3.05, 3.63) is 35.7 Å².